The fourth-order valence-electron chi connectivity index (χ4n) is 3.98. The number of aromatic amines is 1. The molecule has 0 saturated carbocycles. The number of para-hydroxylation sites is 1. The summed E-state index contributed by atoms with van der Waals surface area (Å²) in [5.41, 5.74) is 2.75. The third-order valence-corrected chi connectivity index (χ3v) is 5.78. The Morgan fingerprint density at radius 2 is 2.03 bits per heavy atom. The van der Waals surface area contributed by atoms with E-state index in [1.807, 2.05) is 44.3 Å². The summed E-state index contributed by atoms with van der Waals surface area (Å²) < 4.78 is 1.49. The van der Waals surface area contributed by atoms with Gasteiger partial charge in [0, 0.05) is 42.2 Å². The highest BCUT2D eigenvalue weighted by atomic mass is 16.2. The van der Waals surface area contributed by atoms with Gasteiger partial charge in [-0.15, -0.1) is 0 Å². The van der Waals surface area contributed by atoms with Crippen molar-refractivity contribution >= 4 is 34.4 Å². The number of benzene rings is 1. The predicted molar refractivity (Wildman–Crippen MR) is 124 cm³/mol. The molecule has 3 aromatic rings. The SMILES string of the molecule is Cc1cc(NC(=O)C(=O)NCCc2c[nH]c3ccccc23)n(C2NC(=O)CC(C(C)C)N2)n1. The monoisotopic (exact) mass is 451 g/mol. The van der Waals surface area contributed by atoms with Gasteiger partial charge in [-0.2, -0.15) is 5.10 Å². The van der Waals surface area contributed by atoms with Crippen molar-refractivity contribution in [2.24, 2.45) is 5.92 Å². The summed E-state index contributed by atoms with van der Waals surface area (Å²) in [6.45, 7) is 6.16. The first-order chi connectivity index (χ1) is 15.8. The molecule has 1 fully saturated rings. The van der Waals surface area contributed by atoms with Crippen molar-refractivity contribution in [3.63, 3.8) is 0 Å². The van der Waals surface area contributed by atoms with Gasteiger partial charge in [0.05, 0.1) is 5.69 Å². The molecular weight excluding hydrogens is 422 g/mol. The lowest BCUT2D eigenvalue weighted by Crippen LogP contribution is -2.55. The van der Waals surface area contributed by atoms with Gasteiger partial charge in [0.15, 0.2) is 6.29 Å². The number of carbonyl (C=O) groups excluding carboxylic acids is 3. The van der Waals surface area contributed by atoms with Gasteiger partial charge < -0.3 is 20.9 Å². The molecule has 1 aliphatic heterocycles. The van der Waals surface area contributed by atoms with Crippen molar-refractivity contribution in [3.8, 4) is 0 Å². The molecule has 1 saturated heterocycles. The Kier molecular flexibility index (Phi) is 6.45. The van der Waals surface area contributed by atoms with Crippen LogP contribution in [0.1, 0.15) is 37.8 Å². The van der Waals surface area contributed by atoms with Crippen LogP contribution in [0.25, 0.3) is 10.9 Å². The summed E-state index contributed by atoms with van der Waals surface area (Å²) in [6.07, 6.45) is 2.25. The van der Waals surface area contributed by atoms with E-state index in [0.717, 1.165) is 16.5 Å². The zero-order valence-electron chi connectivity index (χ0n) is 18.9. The van der Waals surface area contributed by atoms with E-state index in [0.29, 0.717) is 30.9 Å². The van der Waals surface area contributed by atoms with Gasteiger partial charge in [-0.3, -0.25) is 19.7 Å². The number of nitrogens with one attached hydrogen (secondary N) is 5. The van der Waals surface area contributed by atoms with Crippen LogP contribution >= 0.6 is 0 Å². The van der Waals surface area contributed by atoms with Gasteiger partial charge in [-0.1, -0.05) is 32.0 Å². The second kappa shape index (κ2) is 9.45. The first kappa shape index (κ1) is 22.5. The van der Waals surface area contributed by atoms with Crippen LogP contribution in [0, 0.1) is 12.8 Å². The zero-order chi connectivity index (χ0) is 23.5. The lowest BCUT2D eigenvalue weighted by molar-refractivity contribution is -0.136. The maximum Gasteiger partial charge on any atom is 0.314 e. The molecule has 2 aromatic heterocycles. The molecule has 2 unspecified atom stereocenters. The molecular formula is C23H29N7O3. The van der Waals surface area contributed by atoms with Crippen LogP contribution in [0.5, 0.6) is 0 Å². The largest absolute Gasteiger partial charge is 0.361 e. The van der Waals surface area contributed by atoms with Gasteiger partial charge in [-0.05, 0) is 30.9 Å². The summed E-state index contributed by atoms with van der Waals surface area (Å²) in [7, 11) is 0. The fourth-order valence-corrected chi connectivity index (χ4v) is 3.98. The smallest absolute Gasteiger partial charge is 0.314 e. The van der Waals surface area contributed by atoms with Crippen LogP contribution in [0.2, 0.25) is 0 Å². The summed E-state index contributed by atoms with van der Waals surface area (Å²) in [4.78, 5) is 40.3. The molecule has 2 atom stereocenters. The molecule has 0 spiro atoms. The number of carbonyl (C=O) groups is 3. The van der Waals surface area contributed by atoms with Gasteiger partial charge in [0.25, 0.3) is 0 Å². The Morgan fingerprint density at radius 1 is 1.24 bits per heavy atom. The van der Waals surface area contributed by atoms with Crippen LogP contribution in [0.3, 0.4) is 0 Å². The number of hydrogen-bond donors (Lipinski definition) is 5. The molecule has 0 radical (unpaired) electrons. The minimum absolute atomic E-state index is 0.0235. The van der Waals surface area contributed by atoms with E-state index < -0.39 is 18.1 Å². The highest BCUT2D eigenvalue weighted by Crippen LogP contribution is 2.20. The molecule has 5 N–H and O–H groups in total. The molecule has 1 aromatic carbocycles. The Balaban J connectivity index is 1.37. The van der Waals surface area contributed by atoms with Gasteiger partial charge in [0.1, 0.15) is 5.82 Å². The Hall–Kier alpha value is -3.66. The van der Waals surface area contributed by atoms with Crippen molar-refractivity contribution in [1.29, 1.82) is 0 Å². The Labute approximate surface area is 191 Å². The average Bonchev–Trinajstić information content (AvgIpc) is 3.36. The summed E-state index contributed by atoms with van der Waals surface area (Å²) in [5.74, 6) is -1.06. The maximum absolute atomic E-state index is 12.5. The van der Waals surface area contributed by atoms with E-state index in [-0.39, 0.29) is 17.9 Å². The number of hydrogen-bond acceptors (Lipinski definition) is 5. The lowest BCUT2D eigenvalue weighted by Gasteiger charge is -2.34. The Bertz CT molecular complexity index is 1180. The molecule has 10 nitrogen and oxygen atoms in total. The normalized spacial score (nSPS) is 18.4. The molecule has 0 aliphatic carbocycles. The highest BCUT2D eigenvalue weighted by molar-refractivity contribution is 6.39. The maximum atomic E-state index is 12.5. The molecule has 33 heavy (non-hydrogen) atoms. The van der Waals surface area contributed by atoms with E-state index in [4.69, 9.17) is 0 Å². The minimum atomic E-state index is -0.794. The number of fused-ring (bicyclic) bond motifs is 1. The number of rotatable bonds is 6. The minimum Gasteiger partial charge on any atom is -0.361 e. The molecule has 1 aliphatic rings. The Morgan fingerprint density at radius 3 is 2.82 bits per heavy atom. The number of H-pyrrole nitrogens is 1. The molecule has 0 bridgehead atoms. The standard InChI is InChI=1S/C23H29N7O3/c1-13(2)18-11-20(31)28-23(26-18)30-19(10-14(3)29-30)27-22(33)21(32)24-9-8-15-12-25-17-7-5-4-6-16(15)17/h4-7,10,12-13,18,23,25-26H,8-9,11H2,1-3H3,(H,24,32)(H,27,33)(H,28,31). The second-order valence-electron chi connectivity index (χ2n) is 8.63. The van der Waals surface area contributed by atoms with Crippen molar-refractivity contribution in [2.75, 3.05) is 11.9 Å². The molecule has 3 amide bonds. The predicted octanol–water partition coefficient (Wildman–Crippen LogP) is 1.56. The first-order valence-corrected chi connectivity index (χ1v) is 11.1. The summed E-state index contributed by atoms with van der Waals surface area (Å²) in [6, 6.07) is 9.56. The van der Waals surface area contributed by atoms with E-state index >= 15 is 0 Å². The summed E-state index contributed by atoms with van der Waals surface area (Å²) >= 11 is 0. The molecule has 174 valence electrons. The van der Waals surface area contributed by atoms with Crippen LogP contribution in [-0.4, -0.2) is 45.1 Å². The van der Waals surface area contributed by atoms with Crippen LogP contribution < -0.4 is 21.3 Å². The van der Waals surface area contributed by atoms with Crippen LogP contribution in [0.4, 0.5) is 5.82 Å². The average molecular weight is 452 g/mol. The highest BCUT2D eigenvalue weighted by Gasteiger charge is 2.30. The van der Waals surface area contributed by atoms with Crippen molar-refractivity contribution in [1.82, 2.24) is 30.7 Å². The number of nitrogens with zero attached hydrogens (tertiary/aromatic N) is 2. The third-order valence-electron chi connectivity index (χ3n) is 5.78. The van der Waals surface area contributed by atoms with Crippen molar-refractivity contribution in [3.05, 3.63) is 47.8 Å². The van der Waals surface area contributed by atoms with E-state index in [2.05, 4.69) is 31.3 Å². The molecule has 3 heterocycles. The van der Waals surface area contributed by atoms with E-state index in [1.165, 1.54) is 4.68 Å². The topological polar surface area (TPSA) is 133 Å². The van der Waals surface area contributed by atoms with Crippen LogP contribution in [-0.2, 0) is 20.8 Å². The van der Waals surface area contributed by atoms with Crippen molar-refractivity contribution < 1.29 is 14.4 Å². The van der Waals surface area contributed by atoms with Crippen LogP contribution in [0.15, 0.2) is 36.5 Å². The first-order valence-electron chi connectivity index (χ1n) is 11.1. The lowest BCUT2D eigenvalue weighted by atomic mass is 9.99. The van der Waals surface area contributed by atoms with Gasteiger partial charge in [0.2, 0.25) is 5.91 Å². The quantitative estimate of drug-likeness (QED) is 0.363. The molecule has 10 heteroatoms. The van der Waals surface area contributed by atoms with E-state index in [1.54, 1.807) is 13.0 Å². The van der Waals surface area contributed by atoms with E-state index in [9.17, 15) is 14.4 Å². The number of amides is 3. The molecule has 4 rings (SSSR count). The summed E-state index contributed by atoms with van der Waals surface area (Å²) in [5, 5.41) is 16.9. The third kappa shape index (κ3) is 5.06. The zero-order valence-corrected chi connectivity index (χ0v) is 18.9. The van der Waals surface area contributed by atoms with Gasteiger partial charge >= 0.3 is 11.8 Å². The fraction of sp³-hybridized carbons (Fsp3) is 0.391. The number of aromatic nitrogens is 3. The number of aryl methyl sites for hydroxylation is 1. The second-order valence-corrected chi connectivity index (χ2v) is 8.63. The van der Waals surface area contributed by atoms with Gasteiger partial charge in [-0.25, -0.2) is 4.68 Å². The van der Waals surface area contributed by atoms with Crippen molar-refractivity contribution in [2.45, 2.75) is 45.9 Å². The number of anilines is 1.